The second-order valence-electron chi connectivity index (χ2n) is 5.51. The molecule has 1 heterocycles. The van der Waals surface area contributed by atoms with Crippen LogP contribution in [-0.4, -0.2) is 23.5 Å². The lowest BCUT2D eigenvalue weighted by molar-refractivity contribution is -0.119. The molecule has 138 valence electrons. The number of carbonyl (C=O) groups excluding carboxylic acids is 2. The van der Waals surface area contributed by atoms with E-state index in [1.54, 1.807) is 29.6 Å². The number of hydrogen-bond acceptors (Lipinski definition) is 6. The summed E-state index contributed by atoms with van der Waals surface area (Å²) in [4.78, 5) is 28.1. The molecule has 0 spiro atoms. The molecule has 8 heteroatoms. The summed E-state index contributed by atoms with van der Waals surface area (Å²) >= 11 is 7.15. The molecule has 0 aliphatic carbocycles. The Morgan fingerprint density at radius 1 is 1.11 bits per heavy atom. The highest BCUT2D eigenvalue weighted by Crippen LogP contribution is 2.17. The minimum atomic E-state index is -0.653. The molecular weight excluding hydrogens is 386 g/mol. The molecule has 0 radical (unpaired) electrons. The van der Waals surface area contributed by atoms with Crippen molar-refractivity contribution in [1.29, 1.82) is 0 Å². The summed E-state index contributed by atoms with van der Waals surface area (Å²) in [5, 5.41) is 8.45. The Labute approximate surface area is 165 Å². The van der Waals surface area contributed by atoms with Gasteiger partial charge in [0.2, 0.25) is 0 Å². The zero-order chi connectivity index (χ0) is 19.1. The standard InChI is InChI=1S/C19H16ClN3O3S/c20-14-7-4-8-15(9-14)22-17(24)11-26-18(25)16-12-27-19(23-16)21-10-13-5-2-1-3-6-13/h1-9,12H,10-11H2,(H,21,23)(H,22,24). The maximum Gasteiger partial charge on any atom is 0.358 e. The van der Waals surface area contributed by atoms with Crippen LogP contribution in [0.15, 0.2) is 60.0 Å². The van der Waals surface area contributed by atoms with Gasteiger partial charge in [-0.25, -0.2) is 9.78 Å². The van der Waals surface area contributed by atoms with Crippen molar-refractivity contribution in [3.63, 3.8) is 0 Å². The molecule has 0 bridgehead atoms. The molecular formula is C19H16ClN3O3S. The molecule has 1 aromatic heterocycles. The quantitative estimate of drug-likeness (QED) is 0.580. The molecule has 0 aliphatic rings. The maximum atomic E-state index is 12.0. The van der Waals surface area contributed by atoms with Crippen molar-refractivity contribution in [1.82, 2.24) is 4.98 Å². The molecule has 0 unspecified atom stereocenters. The van der Waals surface area contributed by atoms with Gasteiger partial charge in [0.25, 0.3) is 5.91 Å². The molecule has 3 rings (SSSR count). The van der Waals surface area contributed by atoms with Gasteiger partial charge in [-0.3, -0.25) is 4.79 Å². The number of carbonyl (C=O) groups is 2. The summed E-state index contributed by atoms with van der Waals surface area (Å²) < 4.78 is 5.00. The number of rotatable bonds is 7. The van der Waals surface area contributed by atoms with Gasteiger partial charge in [-0.05, 0) is 23.8 Å². The van der Waals surface area contributed by atoms with Crippen molar-refractivity contribution < 1.29 is 14.3 Å². The number of nitrogens with zero attached hydrogens (tertiary/aromatic N) is 1. The average Bonchev–Trinajstić information content (AvgIpc) is 3.14. The van der Waals surface area contributed by atoms with E-state index in [2.05, 4.69) is 15.6 Å². The Bertz CT molecular complexity index is 931. The first-order valence-electron chi connectivity index (χ1n) is 8.06. The van der Waals surface area contributed by atoms with Gasteiger partial charge in [0, 0.05) is 22.6 Å². The van der Waals surface area contributed by atoms with Crippen LogP contribution in [0.4, 0.5) is 10.8 Å². The first-order valence-corrected chi connectivity index (χ1v) is 9.32. The van der Waals surface area contributed by atoms with Gasteiger partial charge in [0.1, 0.15) is 0 Å². The van der Waals surface area contributed by atoms with E-state index < -0.39 is 18.5 Å². The first kappa shape index (κ1) is 18.9. The minimum Gasteiger partial charge on any atom is -0.451 e. The van der Waals surface area contributed by atoms with Crippen LogP contribution < -0.4 is 10.6 Å². The lowest BCUT2D eigenvalue weighted by atomic mass is 10.2. The Hall–Kier alpha value is -2.90. The summed E-state index contributed by atoms with van der Waals surface area (Å²) in [6, 6.07) is 16.5. The van der Waals surface area contributed by atoms with E-state index in [4.69, 9.17) is 16.3 Å². The van der Waals surface area contributed by atoms with E-state index in [1.165, 1.54) is 11.3 Å². The van der Waals surface area contributed by atoms with Gasteiger partial charge in [-0.15, -0.1) is 11.3 Å². The van der Waals surface area contributed by atoms with Crippen molar-refractivity contribution in [2.24, 2.45) is 0 Å². The lowest BCUT2D eigenvalue weighted by Gasteiger charge is -2.06. The van der Waals surface area contributed by atoms with Crippen LogP contribution in [0.5, 0.6) is 0 Å². The van der Waals surface area contributed by atoms with E-state index in [0.717, 1.165) is 5.56 Å². The zero-order valence-electron chi connectivity index (χ0n) is 14.1. The third kappa shape index (κ3) is 5.80. The van der Waals surface area contributed by atoms with Crippen molar-refractivity contribution in [3.05, 3.63) is 76.3 Å². The van der Waals surface area contributed by atoms with Crippen LogP contribution in [0.25, 0.3) is 0 Å². The molecule has 1 amide bonds. The fraction of sp³-hybridized carbons (Fsp3) is 0.105. The largest absolute Gasteiger partial charge is 0.451 e. The van der Waals surface area contributed by atoms with Crippen LogP contribution >= 0.6 is 22.9 Å². The first-order chi connectivity index (χ1) is 13.1. The van der Waals surface area contributed by atoms with Crippen molar-refractivity contribution >= 4 is 45.6 Å². The Kier molecular flexibility index (Phi) is 6.40. The van der Waals surface area contributed by atoms with Crippen LogP contribution in [0.1, 0.15) is 16.1 Å². The third-order valence-electron chi connectivity index (χ3n) is 3.44. The van der Waals surface area contributed by atoms with Crippen molar-refractivity contribution in [2.45, 2.75) is 6.54 Å². The Morgan fingerprint density at radius 2 is 1.93 bits per heavy atom. The molecule has 0 saturated carbocycles. The number of amides is 1. The van der Waals surface area contributed by atoms with E-state index in [9.17, 15) is 9.59 Å². The molecule has 2 N–H and O–H groups in total. The fourth-order valence-corrected chi connectivity index (χ4v) is 3.06. The molecule has 6 nitrogen and oxygen atoms in total. The third-order valence-corrected chi connectivity index (χ3v) is 4.48. The summed E-state index contributed by atoms with van der Waals surface area (Å²) in [5.41, 5.74) is 1.80. The van der Waals surface area contributed by atoms with Gasteiger partial charge >= 0.3 is 5.97 Å². The highest BCUT2D eigenvalue weighted by Gasteiger charge is 2.14. The van der Waals surface area contributed by atoms with Crippen LogP contribution in [-0.2, 0) is 16.1 Å². The monoisotopic (exact) mass is 401 g/mol. The zero-order valence-corrected chi connectivity index (χ0v) is 15.7. The fourth-order valence-electron chi connectivity index (χ4n) is 2.19. The smallest absolute Gasteiger partial charge is 0.358 e. The number of anilines is 2. The second kappa shape index (κ2) is 9.16. The van der Waals surface area contributed by atoms with E-state index >= 15 is 0 Å². The predicted octanol–water partition coefficient (Wildman–Crippen LogP) is 4.20. The number of esters is 1. The number of ether oxygens (including phenoxy) is 1. The summed E-state index contributed by atoms with van der Waals surface area (Å²) in [6.07, 6.45) is 0. The predicted molar refractivity (Wildman–Crippen MR) is 106 cm³/mol. The van der Waals surface area contributed by atoms with Gasteiger partial charge in [0.05, 0.1) is 0 Å². The number of hydrogen-bond donors (Lipinski definition) is 2. The molecule has 3 aromatic rings. The van der Waals surface area contributed by atoms with Gasteiger partial charge < -0.3 is 15.4 Å². The highest BCUT2D eigenvalue weighted by atomic mass is 35.5. The number of benzene rings is 2. The number of halogens is 1. The second-order valence-corrected chi connectivity index (χ2v) is 6.81. The van der Waals surface area contributed by atoms with Crippen LogP contribution in [0, 0.1) is 0 Å². The maximum absolute atomic E-state index is 12.0. The summed E-state index contributed by atoms with van der Waals surface area (Å²) in [6.45, 7) is 0.195. The summed E-state index contributed by atoms with van der Waals surface area (Å²) in [5.74, 6) is -1.11. The summed E-state index contributed by atoms with van der Waals surface area (Å²) in [7, 11) is 0. The van der Waals surface area contributed by atoms with Crippen LogP contribution in [0.2, 0.25) is 5.02 Å². The van der Waals surface area contributed by atoms with E-state index in [0.29, 0.717) is 22.4 Å². The van der Waals surface area contributed by atoms with E-state index in [1.807, 2.05) is 30.3 Å². The molecule has 2 aromatic carbocycles. The van der Waals surface area contributed by atoms with Crippen molar-refractivity contribution in [2.75, 3.05) is 17.2 Å². The van der Waals surface area contributed by atoms with Gasteiger partial charge in [-0.1, -0.05) is 48.0 Å². The number of aromatic nitrogens is 1. The van der Waals surface area contributed by atoms with Gasteiger partial charge in [0.15, 0.2) is 17.4 Å². The van der Waals surface area contributed by atoms with Crippen LogP contribution in [0.3, 0.4) is 0 Å². The normalized spacial score (nSPS) is 10.3. The Morgan fingerprint density at radius 3 is 2.70 bits per heavy atom. The average molecular weight is 402 g/mol. The SMILES string of the molecule is O=C(COC(=O)c1csc(NCc2ccccc2)n1)Nc1cccc(Cl)c1. The highest BCUT2D eigenvalue weighted by molar-refractivity contribution is 7.13. The number of nitrogens with one attached hydrogen (secondary N) is 2. The minimum absolute atomic E-state index is 0.158. The molecule has 0 saturated heterocycles. The lowest BCUT2D eigenvalue weighted by Crippen LogP contribution is -2.21. The van der Waals surface area contributed by atoms with E-state index in [-0.39, 0.29) is 5.69 Å². The van der Waals surface area contributed by atoms with Crippen molar-refractivity contribution in [3.8, 4) is 0 Å². The topological polar surface area (TPSA) is 80.3 Å². The molecule has 0 fully saturated rings. The molecule has 27 heavy (non-hydrogen) atoms. The van der Waals surface area contributed by atoms with Gasteiger partial charge in [-0.2, -0.15) is 0 Å². The molecule has 0 aliphatic heterocycles. The Balaban J connectivity index is 1.47. The molecule has 0 atom stereocenters. The number of thiazole rings is 1.